The Kier molecular flexibility index (Phi) is 4.95. The monoisotopic (exact) mass is 281 g/mol. The summed E-state index contributed by atoms with van der Waals surface area (Å²) >= 11 is 0. The number of carbonyl (C=O) groups excluding carboxylic acids is 1. The largest absolute Gasteiger partial charge is 0.504 e. The lowest BCUT2D eigenvalue weighted by Gasteiger charge is -2.27. The molecule has 0 atom stereocenters. The lowest BCUT2D eigenvalue weighted by molar-refractivity contribution is 0.0933. The van der Waals surface area contributed by atoms with Crippen LogP contribution in [0.4, 0.5) is 4.39 Å². The molecule has 0 aliphatic heterocycles. The molecule has 1 fully saturated rings. The van der Waals surface area contributed by atoms with Crippen LogP contribution in [0, 0.1) is 17.7 Å². The Balaban J connectivity index is 1.85. The molecule has 1 aromatic carbocycles. The number of rotatable bonds is 4. The highest BCUT2D eigenvalue weighted by Crippen LogP contribution is 2.28. The number of para-hydroxylation sites is 1. The van der Waals surface area contributed by atoms with E-state index >= 15 is 0 Å². The molecule has 5 heteroatoms. The van der Waals surface area contributed by atoms with Gasteiger partial charge in [0.15, 0.2) is 11.6 Å². The third kappa shape index (κ3) is 3.48. The molecular formula is C15H20FNO3. The summed E-state index contributed by atoms with van der Waals surface area (Å²) in [6, 6.07) is 3.91. The molecule has 0 radical (unpaired) electrons. The number of carbonyl (C=O) groups is 1. The van der Waals surface area contributed by atoms with Gasteiger partial charge in [0.25, 0.3) is 5.91 Å². The third-order valence-corrected chi connectivity index (χ3v) is 4.01. The maximum Gasteiger partial charge on any atom is 0.255 e. The maximum atomic E-state index is 13.2. The SMILES string of the molecule is O=C(NCC1CCC(CO)CC1)c1cccc(F)c1O. The summed E-state index contributed by atoms with van der Waals surface area (Å²) in [6.07, 6.45) is 3.89. The minimum absolute atomic E-state index is 0.0333. The van der Waals surface area contributed by atoms with Crippen molar-refractivity contribution in [3.05, 3.63) is 29.6 Å². The predicted octanol–water partition coefficient (Wildman–Crippen LogP) is 2.06. The number of halogens is 1. The second-order valence-corrected chi connectivity index (χ2v) is 5.42. The average Bonchev–Trinajstić information content (AvgIpc) is 2.48. The van der Waals surface area contributed by atoms with E-state index in [2.05, 4.69) is 5.32 Å². The van der Waals surface area contributed by atoms with Crippen LogP contribution in [0.1, 0.15) is 36.0 Å². The molecule has 1 aromatic rings. The molecule has 1 amide bonds. The van der Waals surface area contributed by atoms with E-state index < -0.39 is 17.5 Å². The van der Waals surface area contributed by atoms with Crippen molar-refractivity contribution in [1.82, 2.24) is 5.32 Å². The van der Waals surface area contributed by atoms with Crippen molar-refractivity contribution >= 4 is 5.91 Å². The van der Waals surface area contributed by atoms with Crippen LogP contribution in [0.5, 0.6) is 5.75 Å². The molecule has 2 rings (SSSR count). The summed E-state index contributed by atoms with van der Waals surface area (Å²) in [7, 11) is 0. The van der Waals surface area contributed by atoms with Gasteiger partial charge in [0, 0.05) is 13.2 Å². The van der Waals surface area contributed by atoms with Crippen molar-refractivity contribution in [2.75, 3.05) is 13.2 Å². The van der Waals surface area contributed by atoms with Crippen LogP contribution in [0.2, 0.25) is 0 Å². The molecule has 0 bridgehead atoms. The van der Waals surface area contributed by atoms with E-state index in [9.17, 15) is 14.3 Å². The zero-order valence-electron chi connectivity index (χ0n) is 11.3. The molecule has 1 aliphatic rings. The first-order valence-corrected chi connectivity index (χ1v) is 6.98. The van der Waals surface area contributed by atoms with E-state index in [4.69, 9.17) is 5.11 Å². The summed E-state index contributed by atoms with van der Waals surface area (Å²) in [6.45, 7) is 0.753. The molecular weight excluding hydrogens is 261 g/mol. The van der Waals surface area contributed by atoms with Gasteiger partial charge >= 0.3 is 0 Å². The van der Waals surface area contributed by atoms with Crippen LogP contribution in [0.3, 0.4) is 0 Å². The number of phenols is 1. The Morgan fingerprint density at radius 2 is 1.90 bits per heavy atom. The summed E-state index contributed by atoms with van der Waals surface area (Å²) in [5, 5.41) is 21.3. The van der Waals surface area contributed by atoms with E-state index in [1.807, 2.05) is 0 Å². The first kappa shape index (κ1) is 14.8. The first-order chi connectivity index (χ1) is 9.61. The van der Waals surface area contributed by atoms with Gasteiger partial charge in [-0.25, -0.2) is 4.39 Å². The Labute approximate surface area is 117 Å². The molecule has 3 N–H and O–H groups in total. The van der Waals surface area contributed by atoms with Gasteiger partial charge in [-0.05, 0) is 49.7 Å². The number of aliphatic hydroxyl groups is 1. The van der Waals surface area contributed by atoms with Crippen molar-refractivity contribution in [3.63, 3.8) is 0 Å². The van der Waals surface area contributed by atoms with Crippen molar-refractivity contribution in [2.24, 2.45) is 11.8 Å². The molecule has 0 unspecified atom stereocenters. The zero-order chi connectivity index (χ0) is 14.5. The van der Waals surface area contributed by atoms with Crippen molar-refractivity contribution in [1.29, 1.82) is 0 Å². The molecule has 1 saturated carbocycles. The van der Waals surface area contributed by atoms with E-state index in [1.165, 1.54) is 12.1 Å². The molecule has 0 heterocycles. The minimum Gasteiger partial charge on any atom is -0.504 e. The Bertz CT molecular complexity index is 470. The number of nitrogens with one attached hydrogen (secondary N) is 1. The highest BCUT2D eigenvalue weighted by Gasteiger charge is 2.21. The van der Waals surface area contributed by atoms with E-state index in [0.29, 0.717) is 18.4 Å². The smallest absolute Gasteiger partial charge is 0.255 e. The fourth-order valence-electron chi connectivity index (χ4n) is 2.65. The van der Waals surface area contributed by atoms with Crippen LogP contribution in [0.25, 0.3) is 0 Å². The fraction of sp³-hybridized carbons (Fsp3) is 0.533. The molecule has 1 aliphatic carbocycles. The molecule has 110 valence electrons. The molecule has 4 nitrogen and oxygen atoms in total. The van der Waals surface area contributed by atoms with Crippen LogP contribution in [-0.2, 0) is 0 Å². The quantitative estimate of drug-likeness (QED) is 0.791. The van der Waals surface area contributed by atoms with Crippen LogP contribution < -0.4 is 5.32 Å². The van der Waals surface area contributed by atoms with Crippen LogP contribution in [-0.4, -0.2) is 29.3 Å². The van der Waals surface area contributed by atoms with E-state index in [0.717, 1.165) is 31.7 Å². The minimum atomic E-state index is -0.791. The molecule has 0 aromatic heterocycles. The maximum absolute atomic E-state index is 13.2. The van der Waals surface area contributed by atoms with Gasteiger partial charge < -0.3 is 15.5 Å². The second kappa shape index (κ2) is 6.70. The lowest BCUT2D eigenvalue weighted by atomic mass is 9.82. The summed E-state index contributed by atoms with van der Waals surface area (Å²) < 4.78 is 13.2. The fourth-order valence-corrected chi connectivity index (χ4v) is 2.65. The number of benzene rings is 1. The number of hydrogen-bond donors (Lipinski definition) is 3. The van der Waals surface area contributed by atoms with Gasteiger partial charge in [-0.2, -0.15) is 0 Å². The Morgan fingerprint density at radius 1 is 1.25 bits per heavy atom. The standard InChI is InChI=1S/C15H20FNO3/c16-13-3-1-2-12(14(13)19)15(20)17-8-10-4-6-11(9-18)7-5-10/h1-3,10-11,18-19H,4-9H2,(H,17,20). The van der Waals surface area contributed by atoms with Gasteiger partial charge in [0.1, 0.15) is 0 Å². The van der Waals surface area contributed by atoms with E-state index in [-0.39, 0.29) is 12.2 Å². The Hall–Kier alpha value is -1.62. The summed E-state index contributed by atoms with van der Waals surface area (Å²) in [5.74, 6) is -1.08. The highest BCUT2D eigenvalue weighted by atomic mass is 19.1. The second-order valence-electron chi connectivity index (χ2n) is 5.42. The summed E-state index contributed by atoms with van der Waals surface area (Å²) in [5.41, 5.74) is -0.0333. The number of aromatic hydroxyl groups is 1. The van der Waals surface area contributed by atoms with Crippen molar-refractivity contribution in [2.45, 2.75) is 25.7 Å². The van der Waals surface area contributed by atoms with Gasteiger partial charge in [0.2, 0.25) is 0 Å². The number of amides is 1. The van der Waals surface area contributed by atoms with Gasteiger partial charge in [-0.3, -0.25) is 4.79 Å². The van der Waals surface area contributed by atoms with Gasteiger partial charge in [-0.15, -0.1) is 0 Å². The van der Waals surface area contributed by atoms with Crippen molar-refractivity contribution in [3.8, 4) is 5.75 Å². The number of hydrogen-bond acceptors (Lipinski definition) is 3. The van der Waals surface area contributed by atoms with Crippen LogP contribution >= 0.6 is 0 Å². The zero-order valence-corrected chi connectivity index (χ0v) is 11.3. The van der Waals surface area contributed by atoms with Crippen LogP contribution in [0.15, 0.2) is 18.2 Å². The molecule has 0 spiro atoms. The number of aliphatic hydroxyl groups excluding tert-OH is 1. The first-order valence-electron chi connectivity index (χ1n) is 6.98. The molecule has 20 heavy (non-hydrogen) atoms. The highest BCUT2D eigenvalue weighted by molar-refractivity contribution is 5.96. The van der Waals surface area contributed by atoms with Gasteiger partial charge in [0.05, 0.1) is 5.56 Å². The Morgan fingerprint density at radius 3 is 2.55 bits per heavy atom. The van der Waals surface area contributed by atoms with E-state index in [1.54, 1.807) is 0 Å². The summed E-state index contributed by atoms with van der Waals surface area (Å²) in [4.78, 5) is 11.9. The van der Waals surface area contributed by atoms with Crippen molar-refractivity contribution < 1.29 is 19.4 Å². The molecule has 0 saturated heterocycles. The number of phenolic OH excluding ortho intramolecular Hbond substituents is 1. The lowest BCUT2D eigenvalue weighted by Crippen LogP contribution is -2.31. The normalized spacial score (nSPS) is 22.5. The predicted molar refractivity (Wildman–Crippen MR) is 72.9 cm³/mol. The topological polar surface area (TPSA) is 69.6 Å². The average molecular weight is 281 g/mol. The third-order valence-electron chi connectivity index (χ3n) is 4.01. The van der Waals surface area contributed by atoms with Gasteiger partial charge in [-0.1, -0.05) is 6.07 Å².